The summed E-state index contributed by atoms with van der Waals surface area (Å²) in [7, 11) is 0. The lowest BCUT2D eigenvalue weighted by Gasteiger charge is -2.19. The Morgan fingerprint density at radius 1 is 1.06 bits per heavy atom. The molecule has 1 saturated heterocycles. The minimum atomic E-state index is -0.778. The molecule has 1 fully saturated rings. The lowest BCUT2D eigenvalue weighted by Crippen LogP contribution is -2.32. The lowest BCUT2D eigenvalue weighted by molar-refractivity contribution is -0.0582. The monoisotopic (exact) mass is 449 g/mol. The van der Waals surface area contributed by atoms with Crippen molar-refractivity contribution in [3.8, 4) is 0 Å². The number of hydrogen-bond donors (Lipinski definition) is 1. The summed E-state index contributed by atoms with van der Waals surface area (Å²) in [5.41, 5.74) is 6.51. The van der Waals surface area contributed by atoms with Gasteiger partial charge in [0.05, 0.1) is 11.1 Å². The Morgan fingerprint density at radius 2 is 1.67 bits per heavy atom. The van der Waals surface area contributed by atoms with E-state index in [0.717, 1.165) is 0 Å². The predicted molar refractivity (Wildman–Crippen MR) is 119 cm³/mol. The van der Waals surface area contributed by atoms with Crippen LogP contribution in [0.3, 0.4) is 0 Å². The summed E-state index contributed by atoms with van der Waals surface area (Å²) in [5.74, 6) is -0.934. The van der Waals surface area contributed by atoms with Gasteiger partial charge >= 0.3 is 17.6 Å². The molecule has 33 heavy (non-hydrogen) atoms. The number of nitrogen functional groups attached to an aromatic ring is 1. The highest BCUT2D eigenvalue weighted by atomic mass is 16.6. The first-order valence-electron chi connectivity index (χ1n) is 10.4. The summed E-state index contributed by atoms with van der Waals surface area (Å²) in [5, 5.41) is 0. The molecule has 2 N–H and O–H groups in total. The zero-order valence-corrected chi connectivity index (χ0v) is 17.9. The topological polar surface area (TPSA) is 123 Å². The second-order valence-electron chi connectivity index (χ2n) is 7.64. The number of aromatic nitrogens is 2. The lowest BCUT2D eigenvalue weighted by atomic mass is 10.1. The van der Waals surface area contributed by atoms with Crippen LogP contribution in [0.15, 0.2) is 71.7 Å². The van der Waals surface area contributed by atoms with E-state index in [1.54, 1.807) is 73.8 Å². The molecule has 1 aliphatic rings. The fourth-order valence-corrected chi connectivity index (χ4v) is 3.53. The van der Waals surface area contributed by atoms with Crippen molar-refractivity contribution >= 4 is 17.8 Å². The van der Waals surface area contributed by atoms with Crippen LogP contribution in [0.25, 0.3) is 0 Å². The van der Waals surface area contributed by atoms with Gasteiger partial charge in [-0.2, -0.15) is 4.98 Å². The molecule has 3 atom stereocenters. The number of ether oxygens (including phenoxy) is 3. The number of aryl methyl sites for hydroxylation is 1. The third-order valence-corrected chi connectivity index (χ3v) is 5.32. The van der Waals surface area contributed by atoms with Gasteiger partial charge in [-0.15, -0.1) is 0 Å². The van der Waals surface area contributed by atoms with E-state index in [-0.39, 0.29) is 18.8 Å². The minimum Gasteiger partial charge on any atom is -0.459 e. The normalized spacial score (nSPS) is 19.7. The van der Waals surface area contributed by atoms with E-state index < -0.39 is 36.1 Å². The van der Waals surface area contributed by atoms with Gasteiger partial charge in [0, 0.05) is 18.2 Å². The summed E-state index contributed by atoms with van der Waals surface area (Å²) < 4.78 is 18.4. The van der Waals surface area contributed by atoms with E-state index in [0.29, 0.717) is 16.7 Å². The number of nitrogens with zero attached hydrogens (tertiary/aromatic N) is 2. The molecule has 0 unspecified atom stereocenters. The van der Waals surface area contributed by atoms with Gasteiger partial charge < -0.3 is 19.9 Å². The highest BCUT2D eigenvalue weighted by molar-refractivity contribution is 5.90. The molecule has 0 spiro atoms. The first-order valence-corrected chi connectivity index (χ1v) is 10.4. The Balaban J connectivity index is 1.53. The molecule has 3 aromatic rings. The van der Waals surface area contributed by atoms with Crippen molar-refractivity contribution in [2.75, 3.05) is 12.3 Å². The summed E-state index contributed by atoms with van der Waals surface area (Å²) >= 11 is 0. The Labute approximate surface area is 189 Å². The molecule has 1 aliphatic heterocycles. The summed E-state index contributed by atoms with van der Waals surface area (Å²) in [6.45, 7) is 1.56. The van der Waals surface area contributed by atoms with Crippen molar-refractivity contribution in [3.63, 3.8) is 0 Å². The Hall–Kier alpha value is -3.98. The van der Waals surface area contributed by atoms with Crippen LogP contribution in [-0.4, -0.2) is 40.3 Å². The summed E-state index contributed by atoms with van der Waals surface area (Å²) in [6, 6.07) is 17.0. The zero-order valence-electron chi connectivity index (χ0n) is 17.9. The fraction of sp³-hybridized carbons (Fsp3) is 0.250. The van der Waals surface area contributed by atoms with Crippen LogP contribution in [-0.2, 0) is 14.2 Å². The van der Waals surface area contributed by atoms with Crippen LogP contribution in [0.1, 0.15) is 38.9 Å². The van der Waals surface area contributed by atoms with Crippen LogP contribution in [0, 0.1) is 6.92 Å². The van der Waals surface area contributed by atoms with Crippen molar-refractivity contribution in [1.29, 1.82) is 0 Å². The summed E-state index contributed by atoms with van der Waals surface area (Å²) in [6.07, 6.45) is -0.574. The second-order valence-corrected chi connectivity index (χ2v) is 7.64. The smallest absolute Gasteiger partial charge is 0.351 e. The maximum Gasteiger partial charge on any atom is 0.351 e. The van der Waals surface area contributed by atoms with E-state index in [1.165, 1.54) is 4.57 Å². The van der Waals surface area contributed by atoms with Crippen LogP contribution in [0.4, 0.5) is 5.82 Å². The molecule has 1 aromatic heterocycles. The van der Waals surface area contributed by atoms with Gasteiger partial charge in [0.25, 0.3) is 0 Å². The van der Waals surface area contributed by atoms with Gasteiger partial charge in [-0.05, 0) is 31.2 Å². The highest BCUT2D eigenvalue weighted by Crippen LogP contribution is 2.31. The maximum atomic E-state index is 12.6. The average Bonchev–Trinajstić information content (AvgIpc) is 3.23. The van der Waals surface area contributed by atoms with Crippen molar-refractivity contribution in [1.82, 2.24) is 9.55 Å². The number of hydrogen-bond acceptors (Lipinski definition) is 8. The molecule has 2 heterocycles. The Kier molecular flexibility index (Phi) is 6.50. The third-order valence-electron chi connectivity index (χ3n) is 5.32. The number of carbonyl (C=O) groups excluding carboxylic acids is 2. The Morgan fingerprint density at radius 3 is 2.30 bits per heavy atom. The zero-order chi connectivity index (χ0) is 23.4. The van der Waals surface area contributed by atoms with Gasteiger partial charge in [0.2, 0.25) is 0 Å². The molecule has 9 heteroatoms. The van der Waals surface area contributed by atoms with Crippen LogP contribution < -0.4 is 11.4 Å². The van der Waals surface area contributed by atoms with Crippen LogP contribution in [0.2, 0.25) is 0 Å². The number of nitrogens with two attached hydrogens (primary N) is 1. The van der Waals surface area contributed by atoms with Crippen molar-refractivity contribution < 1.29 is 23.8 Å². The number of carbonyl (C=O) groups is 2. The standard InChI is InChI=1S/C24H23N3O6/c1-15-13-27(24(30)26-21(15)25)20-12-18(33-23(29)17-10-6-3-7-11-17)19(32-20)14-31-22(28)16-8-4-2-5-9-16/h2-11,13,18-20H,12,14H2,1H3,(H2,25,26,30)/t18-,19+,20+/m0/s1. The summed E-state index contributed by atoms with van der Waals surface area (Å²) in [4.78, 5) is 41.2. The quantitative estimate of drug-likeness (QED) is 0.570. The first-order chi connectivity index (χ1) is 15.9. The van der Waals surface area contributed by atoms with Gasteiger partial charge in [-0.3, -0.25) is 4.57 Å². The van der Waals surface area contributed by atoms with E-state index in [2.05, 4.69) is 4.98 Å². The van der Waals surface area contributed by atoms with Crippen molar-refractivity contribution in [3.05, 3.63) is 94.0 Å². The van der Waals surface area contributed by atoms with E-state index in [9.17, 15) is 14.4 Å². The van der Waals surface area contributed by atoms with Gasteiger partial charge in [0.1, 0.15) is 30.9 Å². The molecule has 0 aliphatic carbocycles. The molecule has 2 aromatic carbocycles. The molecule has 170 valence electrons. The second kappa shape index (κ2) is 9.66. The molecule has 0 saturated carbocycles. The van der Waals surface area contributed by atoms with E-state index in [1.807, 2.05) is 0 Å². The third kappa shape index (κ3) is 5.09. The number of benzene rings is 2. The number of esters is 2. The molecular weight excluding hydrogens is 426 g/mol. The van der Waals surface area contributed by atoms with Crippen molar-refractivity contribution in [2.24, 2.45) is 0 Å². The molecular formula is C24H23N3O6. The minimum absolute atomic E-state index is 0.134. The van der Waals surface area contributed by atoms with E-state index >= 15 is 0 Å². The van der Waals surface area contributed by atoms with Crippen LogP contribution >= 0.6 is 0 Å². The van der Waals surface area contributed by atoms with Crippen molar-refractivity contribution in [2.45, 2.75) is 31.8 Å². The number of rotatable bonds is 6. The van der Waals surface area contributed by atoms with Gasteiger partial charge in [0.15, 0.2) is 0 Å². The van der Waals surface area contributed by atoms with Gasteiger partial charge in [-0.25, -0.2) is 14.4 Å². The first kappa shape index (κ1) is 22.2. The van der Waals surface area contributed by atoms with E-state index in [4.69, 9.17) is 19.9 Å². The van der Waals surface area contributed by atoms with Gasteiger partial charge in [-0.1, -0.05) is 36.4 Å². The SMILES string of the molecule is Cc1cn([C@H]2C[C@H](OC(=O)c3ccccc3)[C@@H](COC(=O)c3ccccc3)O2)c(=O)nc1N. The molecule has 4 rings (SSSR count). The molecule has 0 amide bonds. The maximum absolute atomic E-state index is 12.6. The molecule has 9 nitrogen and oxygen atoms in total. The molecule has 0 radical (unpaired) electrons. The molecule has 0 bridgehead atoms. The predicted octanol–water partition coefficient (Wildman–Crippen LogP) is 2.50. The Bertz CT molecular complexity index is 1200. The highest BCUT2D eigenvalue weighted by Gasteiger charge is 2.40. The average molecular weight is 449 g/mol. The largest absolute Gasteiger partial charge is 0.459 e. The fourth-order valence-electron chi connectivity index (χ4n) is 3.53. The number of anilines is 1. The van der Waals surface area contributed by atoms with Crippen LogP contribution in [0.5, 0.6) is 0 Å².